The van der Waals surface area contributed by atoms with Crippen molar-refractivity contribution in [1.29, 1.82) is 0 Å². The summed E-state index contributed by atoms with van der Waals surface area (Å²) in [6.07, 6.45) is 2.13. The summed E-state index contributed by atoms with van der Waals surface area (Å²) in [4.78, 5) is 6.80. The summed E-state index contributed by atoms with van der Waals surface area (Å²) in [5.74, 6) is 2.48. The van der Waals surface area contributed by atoms with Crippen LogP contribution in [0, 0.1) is 5.92 Å². The molecule has 0 bridgehead atoms. The monoisotopic (exact) mass is 223 g/mol. The normalized spacial score (nSPS) is 17.8. The standard InChI is InChI=1S/C11H21N5/c1-9(2)8-10-13-11(15-14-10)16-6-3-4-12-5-7-16/h9,12H,3-8H2,1-2H3,(H,13,14,15). The van der Waals surface area contributed by atoms with Gasteiger partial charge >= 0.3 is 0 Å². The van der Waals surface area contributed by atoms with E-state index in [0.29, 0.717) is 5.92 Å². The number of nitrogens with one attached hydrogen (secondary N) is 2. The van der Waals surface area contributed by atoms with Crippen LogP contribution in [0.2, 0.25) is 0 Å². The Morgan fingerprint density at radius 1 is 1.31 bits per heavy atom. The van der Waals surface area contributed by atoms with E-state index >= 15 is 0 Å². The van der Waals surface area contributed by atoms with Crippen LogP contribution in [0.25, 0.3) is 0 Å². The molecule has 16 heavy (non-hydrogen) atoms. The maximum Gasteiger partial charge on any atom is 0.244 e. The predicted molar refractivity (Wildman–Crippen MR) is 64.6 cm³/mol. The Morgan fingerprint density at radius 2 is 2.19 bits per heavy atom. The van der Waals surface area contributed by atoms with Crippen LogP contribution in [0.3, 0.4) is 0 Å². The van der Waals surface area contributed by atoms with Crippen molar-refractivity contribution >= 4 is 5.95 Å². The molecule has 5 heteroatoms. The van der Waals surface area contributed by atoms with E-state index in [4.69, 9.17) is 0 Å². The van der Waals surface area contributed by atoms with Crippen molar-refractivity contribution < 1.29 is 0 Å². The fourth-order valence-corrected chi connectivity index (χ4v) is 1.95. The number of hydrogen-bond acceptors (Lipinski definition) is 4. The maximum atomic E-state index is 4.55. The Hall–Kier alpha value is -1.10. The summed E-state index contributed by atoms with van der Waals surface area (Å²) in [6.45, 7) is 8.55. The summed E-state index contributed by atoms with van der Waals surface area (Å²) in [5, 5.41) is 10.7. The Balaban J connectivity index is 1.99. The van der Waals surface area contributed by atoms with Crippen molar-refractivity contribution in [2.75, 3.05) is 31.1 Å². The summed E-state index contributed by atoms with van der Waals surface area (Å²) < 4.78 is 0. The lowest BCUT2D eigenvalue weighted by atomic mass is 10.1. The van der Waals surface area contributed by atoms with Crippen molar-refractivity contribution in [3.63, 3.8) is 0 Å². The molecule has 0 aromatic carbocycles. The van der Waals surface area contributed by atoms with Crippen LogP contribution in [0.5, 0.6) is 0 Å². The minimum absolute atomic E-state index is 0.617. The predicted octanol–water partition coefficient (Wildman–Crippen LogP) is 0.803. The van der Waals surface area contributed by atoms with E-state index in [2.05, 4.69) is 39.2 Å². The lowest BCUT2D eigenvalue weighted by molar-refractivity contribution is 0.622. The largest absolute Gasteiger partial charge is 0.338 e. The molecule has 0 radical (unpaired) electrons. The first-order valence-electron chi connectivity index (χ1n) is 6.12. The van der Waals surface area contributed by atoms with Gasteiger partial charge in [-0.3, -0.25) is 5.10 Å². The third-order valence-electron chi connectivity index (χ3n) is 2.74. The molecule has 0 unspecified atom stereocenters. The van der Waals surface area contributed by atoms with Gasteiger partial charge in [-0.25, -0.2) is 0 Å². The third-order valence-corrected chi connectivity index (χ3v) is 2.74. The molecule has 1 fully saturated rings. The lowest BCUT2D eigenvalue weighted by Gasteiger charge is -2.16. The Bertz CT molecular complexity index is 312. The molecule has 5 nitrogen and oxygen atoms in total. The molecule has 1 aromatic heterocycles. The van der Waals surface area contributed by atoms with E-state index in [9.17, 15) is 0 Å². The lowest BCUT2D eigenvalue weighted by Crippen LogP contribution is -2.28. The first-order chi connectivity index (χ1) is 7.75. The van der Waals surface area contributed by atoms with Crippen molar-refractivity contribution in [3.05, 3.63) is 5.82 Å². The third kappa shape index (κ3) is 2.95. The highest BCUT2D eigenvalue weighted by Crippen LogP contribution is 2.10. The van der Waals surface area contributed by atoms with Gasteiger partial charge < -0.3 is 10.2 Å². The average Bonchev–Trinajstić information content (AvgIpc) is 2.53. The minimum atomic E-state index is 0.617. The number of anilines is 1. The summed E-state index contributed by atoms with van der Waals surface area (Å²) in [6, 6.07) is 0. The zero-order valence-electron chi connectivity index (χ0n) is 10.2. The second-order valence-electron chi connectivity index (χ2n) is 4.77. The number of H-pyrrole nitrogens is 1. The topological polar surface area (TPSA) is 56.8 Å². The van der Waals surface area contributed by atoms with E-state index in [1.165, 1.54) is 0 Å². The SMILES string of the molecule is CC(C)Cc1nc(N2CCCNCC2)n[nH]1. The molecule has 0 aliphatic carbocycles. The molecule has 2 heterocycles. The fourth-order valence-electron chi connectivity index (χ4n) is 1.95. The number of nitrogens with zero attached hydrogens (tertiary/aromatic N) is 3. The molecular weight excluding hydrogens is 202 g/mol. The van der Waals surface area contributed by atoms with Crippen LogP contribution >= 0.6 is 0 Å². The Morgan fingerprint density at radius 3 is 3.00 bits per heavy atom. The van der Waals surface area contributed by atoms with Crippen molar-refractivity contribution in [2.24, 2.45) is 5.92 Å². The van der Waals surface area contributed by atoms with Gasteiger partial charge in [0.15, 0.2) is 0 Å². The highest BCUT2D eigenvalue weighted by molar-refractivity contribution is 5.28. The molecule has 1 saturated heterocycles. The molecule has 1 aliphatic heterocycles. The van der Waals surface area contributed by atoms with Crippen LogP contribution in [-0.4, -0.2) is 41.4 Å². The highest BCUT2D eigenvalue weighted by Gasteiger charge is 2.14. The molecule has 0 amide bonds. The van der Waals surface area contributed by atoms with Crippen LogP contribution in [0.15, 0.2) is 0 Å². The van der Waals surface area contributed by atoms with Gasteiger partial charge in [0, 0.05) is 26.1 Å². The fraction of sp³-hybridized carbons (Fsp3) is 0.818. The van der Waals surface area contributed by atoms with Crippen molar-refractivity contribution in [1.82, 2.24) is 20.5 Å². The second kappa shape index (κ2) is 5.30. The molecule has 1 aliphatic rings. The van der Waals surface area contributed by atoms with Crippen molar-refractivity contribution in [3.8, 4) is 0 Å². The van der Waals surface area contributed by atoms with Gasteiger partial charge in [-0.05, 0) is 18.9 Å². The van der Waals surface area contributed by atoms with Crippen LogP contribution in [-0.2, 0) is 6.42 Å². The molecular formula is C11H21N5. The first-order valence-corrected chi connectivity index (χ1v) is 6.12. The average molecular weight is 223 g/mol. The van der Waals surface area contributed by atoms with Crippen molar-refractivity contribution in [2.45, 2.75) is 26.7 Å². The Labute approximate surface area is 96.6 Å². The molecule has 0 atom stereocenters. The van der Waals surface area contributed by atoms with Gasteiger partial charge in [-0.1, -0.05) is 13.8 Å². The summed E-state index contributed by atoms with van der Waals surface area (Å²) in [7, 11) is 0. The number of aromatic nitrogens is 3. The zero-order valence-corrected chi connectivity index (χ0v) is 10.2. The van der Waals surface area contributed by atoms with Crippen LogP contribution in [0.4, 0.5) is 5.95 Å². The summed E-state index contributed by atoms with van der Waals surface area (Å²) >= 11 is 0. The molecule has 2 N–H and O–H groups in total. The molecule has 2 rings (SSSR count). The zero-order chi connectivity index (χ0) is 11.4. The Kier molecular flexibility index (Phi) is 3.77. The van der Waals surface area contributed by atoms with Gasteiger partial charge in [0.2, 0.25) is 5.95 Å². The number of rotatable bonds is 3. The molecule has 90 valence electrons. The van der Waals surface area contributed by atoms with Gasteiger partial charge in [0.05, 0.1) is 0 Å². The second-order valence-corrected chi connectivity index (χ2v) is 4.77. The van der Waals surface area contributed by atoms with E-state index in [1.807, 2.05) is 0 Å². The molecule has 0 saturated carbocycles. The smallest absolute Gasteiger partial charge is 0.244 e. The number of aromatic amines is 1. The van der Waals surface area contributed by atoms with Gasteiger partial charge in [0.1, 0.15) is 5.82 Å². The van der Waals surface area contributed by atoms with E-state index in [1.54, 1.807) is 0 Å². The van der Waals surface area contributed by atoms with Gasteiger partial charge in [-0.15, -0.1) is 5.10 Å². The summed E-state index contributed by atoms with van der Waals surface area (Å²) in [5.41, 5.74) is 0. The van der Waals surface area contributed by atoms with Gasteiger partial charge in [-0.2, -0.15) is 4.98 Å². The van der Waals surface area contributed by atoms with E-state index in [0.717, 1.165) is 50.8 Å². The van der Waals surface area contributed by atoms with E-state index in [-0.39, 0.29) is 0 Å². The quantitative estimate of drug-likeness (QED) is 0.796. The number of hydrogen-bond donors (Lipinski definition) is 2. The highest BCUT2D eigenvalue weighted by atomic mass is 15.4. The van der Waals surface area contributed by atoms with Crippen LogP contribution in [0.1, 0.15) is 26.1 Å². The maximum absolute atomic E-state index is 4.55. The van der Waals surface area contributed by atoms with Gasteiger partial charge in [0.25, 0.3) is 0 Å². The minimum Gasteiger partial charge on any atom is -0.338 e. The van der Waals surface area contributed by atoms with Crippen LogP contribution < -0.4 is 10.2 Å². The van der Waals surface area contributed by atoms with E-state index < -0.39 is 0 Å². The molecule has 0 spiro atoms. The first kappa shape index (κ1) is 11.4. The molecule has 1 aromatic rings.